The molecule has 1 aromatic carbocycles. The molecule has 1 atom stereocenters. The maximum atomic E-state index is 11.1. The summed E-state index contributed by atoms with van der Waals surface area (Å²) in [7, 11) is 0. The Morgan fingerprint density at radius 2 is 1.74 bits per heavy atom. The molecule has 0 radical (unpaired) electrons. The van der Waals surface area contributed by atoms with E-state index < -0.39 is 11.9 Å². The van der Waals surface area contributed by atoms with Crippen molar-refractivity contribution >= 4 is 5.97 Å². The van der Waals surface area contributed by atoms with Crippen molar-refractivity contribution < 1.29 is 9.90 Å². The molecule has 3 N–H and O–H groups in total. The van der Waals surface area contributed by atoms with E-state index in [0.717, 1.165) is 5.56 Å². The number of hydrogen-bond donors (Lipinski definition) is 2. The molecular formula is C16H23NO2. The molecule has 1 saturated carbocycles. The minimum absolute atomic E-state index is 0.151. The first kappa shape index (κ1) is 14.1. The third kappa shape index (κ3) is 3.57. The van der Waals surface area contributed by atoms with E-state index in [0.29, 0.717) is 5.92 Å². The lowest BCUT2D eigenvalue weighted by atomic mass is 9.89. The maximum Gasteiger partial charge on any atom is 0.312 e. The Morgan fingerprint density at radius 1 is 1.16 bits per heavy atom. The van der Waals surface area contributed by atoms with E-state index in [-0.39, 0.29) is 6.54 Å². The van der Waals surface area contributed by atoms with Crippen LogP contribution >= 0.6 is 0 Å². The zero-order valence-electron chi connectivity index (χ0n) is 11.3. The van der Waals surface area contributed by atoms with Gasteiger partial charge < -0.3 is 10.8 Å². The van der Waals surface area contributed by atoms with E-state index in [1.165, 1.54) is 44.1 Å². The summed E-state index contributed by atoms with van der Waals surface area (Å²) in [5, 5.41) is 9.10. The van der Waals surface area contributed by atoms with Gasteiger partial charge >= 0.3 is 5.97 Å². The van der Waals surface area contributed by atoms with Gasteiger partial charge in [0.05, 0.1) is 5.92 Å². The Bertz CT molecular complexity index is 405. The van der Waals surface area contributed by atoms with Gasteiger partial charge in [-0.25, -0.2) is 0 Å². The van der Waals surface area contributed by atoms with Crippen molar-refractivity contribution in [1.82, 2.24) is 0 Å². The molecule has 0 spiro atoms. The van der Waals surface area contributed by atoms with Gasteiger partial charge in [-0.1, -0.05) is 49.9 Å². The SMILES string of the molecule is NCC(C(=O)O)c1ccc(C2CCCCCC2)cc1. The van der Waals surface area contributed by atoms with Crippen LogP contribution in [0.4, 0.5) is 0 Å². The van der Waals surface area contributed by atoms with Gasteiger partial charge in [0.1, 0.15) is 0 Å². The number of nitrogens with two attached hydrogens (primary N) is 1. The van der Waals surface area contributed by atoms with Crippen LogP contribution in [0.1, 0.15) is 61.5 Å². The first-order chi connectivity index (χ1) is 9.22. The first-order valence-corrected chi connectivity index (χ1v) is 7.25. The fourth-order valence-corrected chi connectivity index (χ4v) is 2.99. The number of carboxylic acid groups (broad SMARTS) is 1. The van der Waals surface area contributed by atoms with Crippen molar-refractivity contribution in [3.05, 3.63) is 35.4 Å². The summed E-state index contributed by atoms with van der Waals surface area (Å²) in [6.45, 7) is 0.151. The molecule has 0 bridgehead atoms. The minimum Gasteiger partial charge on any atom is -0.481 e. The zero-order chi connectivity index (χ0) is 13.7. The van der Waals surface area contributed by atoms with Gasteiger partial charge in [0.25, 0.3) is 0 Å². The molecule has 0 amide bonds. The van der Waals surface area contributed by atoms with Gasteiger partial charge in [-0.15, -0.1) is 0 Å². The van der Waals surface area contributed by atoms with Crippen LogP contribution in [0.25, 0.3) is 0 Å². The van der Waals surface area contributed by atoms with Crippen LogP contribution in [-0.4, -0.2) is 17.6 Å². The fraction of sp³-hybridized carbons (Fsp3) is 0.562. The molecule has 2 rings (SSSR count). The standard InChI is InChI=1S/C16H23NO2/c17-11-15(16(18)19)14-9-7-13(8-10-14)12-5-3-1-2-4-6-12/h7-10,12,15H,1-6,11,17H2,(H,18,19). The monoisotopic (exact) mass is 261 g/mol. The van der Waals surface area contributed by atoms with E-state index in [9.17, 15) is 4.79 Å². The van der Waals surface area contributed by atoms with Crippen LogP contribution in [0.5, 0.6) is 0 Å². The van der Waals surface area contributed by atoms with Crippen molar-refractivity contribution in [2.24, 2.45) is 5.73 Å². The zero-order valence-corrected chi connectivity index (χ0v) is 11.3. The summed E-state index contributed by atoms with van der Waals surface area (Å²) >= 11 is 0. The van der Waals surface area contributed by atoms with Gasteiger partial charge in [0.2, 0.25) is 0 Å². The summed E-state index contributed by atoms with van der Waals surface area (Å²) < 4.78 is 0. The second-order valence-electron chi connectivity index (χ2n) is 5.48. The number of carbonyl (C=O) groups is 1. The van der Waals surface area contributed by atoms with Crippen LogP contribution < -0.4 is 5.73 Å². The summed E-state index contributed by atoms with van der Waals surface area (Å²) in [4.78, 5) is 11.1. The smallest absolute Gasteiger partial charge is 0.312 e. The van der Waals surface area contributed by atoms with Crippen LogP contribution in [0.15, 0.2) is 24.3 Å². The third-order valence-electron chi connectivity index (χ3n) is 4.20. The molecule has 1 aliphatic carbocycles. The van der Waals surface area contributed by atoms with Crippen LogP contribution in [0.3, 0.4) is 0 Å². The summed E-state index contributed by atoms with van der Waals surface area (Å²) in [5.74, 6) is -0.773. The Balaban J connectivity index is 2.10. The van der Waals surface area contributed by atoms with Crippen molar-refractivity contribution in [2.75, 3.05) is 6.54 Å². The molecule has 104 valence electrons. The fourth-order valence-electron chi connectivity index (χ4n) is 2.99. The molecule has 1 aliphatic rings. The molecule has 0 aliphatic heterocycles. The van der Waals surface area contributed by atoms with Crippen LogP contribution in [0, 0.1) is 0 Å². The van der Waals surface area contributed by atoms with Gasteiger partial charge in [-0.3, -0.25) is 4.79 Å². The second-order valence-corrected chi connectivity index (χ2v) is 5.48. The molecule has 3 heteroatoms. The number of benzene rings is 1. The molecule has 0 heterocycles. The van der Waals surface area contributed by atoms with E-state index in [1.54, 1.807) is 0 Å². The predicted octanol–water partition coefficient (Wildman–Crippen LogP) is 3.25. The lowest BCUT2D eigenvalue weighted by Gasteiger charge is -2.16. The Kier molecular flexibility index (Phi) is 4.97. The van der Waals surface area contributed by atoms with Gasteiger partial charge in [-0.05, 0) is 29.9 Å². The van der Waals surface area contributed by atoms with E-state index in [4.69, 9.17) is 10.8 Å². The van der Waals surface area contributed by atoms with Gasteiger partial charge in [-0.2, -0.15) is 0 Å². The van der Waals surface area contributed by atoms with Gasteiger partial charge in [0, 0.05) is 6.54 Å². The molecule has 0 saturated heterocycles. The lowest BCUT2D eigenvalue weighted by molar-refractivity contribution is -0.138. The molecule has 1 unspecified atom stereocenters. The van der Waals surface area contributed by atoms with Crippen molar-refractivity contribution in [3.8, 4) is 0 Å². The van der Waals surface area contributed by atoms with Crippen molar-refractivity contribution in [3.63, 3.8) is 0 Å². The normalized spacial score (nSPS) is 18.8. The van der Waals surface area contributed by atoms with Crippen LogP contribution in [0.2, 0.25) is 0 Å². The molecular weight excluding hydrogens is 238 g/mol. The number of rotatable bonds is 4. The number of hydrogen-bond acceptors (Lipinski definition) is 2. The average Bonchev–Trinajstić information content (AvgIpc) is 2.69. The van der Waals surface area contributed by atoms with Crippen molar-refractivity contribution in [2.45, 2.75) is 50.4 Å². The topological polar surface area (TPSA) is 63.3 Å². The highest BCUT2D eigenvalue weighted by Gasteiger charge is 2.19. The minimum atomic E-state index is -0.843. The lowest BCUT2D eigenvalue weighted by Crippen LogP contribution is -2.21. The summed E-state index contributed by atoms with van der Waals surface area (Å²) in [5.41, 5.74) is 7.69. The maximum absolute atomic E-state index is 11.1. The molecule has 19 heavy (non-hydrogen) atoms. The highest BCUT2D eigenvalue weighted by atomic mass is 16.4. The quantitative estimate of drug-likeness (QED) is 0.818. The largest absolute Gasteiger partial charge is 0.481 e. The Morgan fingerprint density at radius 3 is 2.21 bits per heavy atom. The highest BCUT2D eigenvalue weighted by Crippen LogP contribution is 2.32. The summed E-state index contributed by atoms with van der Waals surface area (Å²) in [6, 6.07) is 8.06. The predicted molar refractivity (Wildman–Crippen MR) is 76.3 cm³/mol. The number of carboxylic acids is 1. The Hall–Kier alpha value is -1.35. The highest BCUT2D eigenvalue weighted by molar-refractivity contribution is 5.76. The molecule has 0 aromatic heterocycles. The second kappa shape index (κ2) is 6.71. The summed E-state index contributed by atoms with van der Waals surface area (Å²) in [6.07, 6.45) is 7.85. The first-order valence-electron chi connectivity index (χ1n) is 7.25. The van der Waals surface area contributed by atoms with E-state index in [1.807, 2.05) is 12.1 Å². The molecule has 1 aromatic rings. The number of aliphatic carboxylic acids is 1. The van der Waals surface area contributed by atoms with Crippen molar-refractivity contribution in [1.29, 1.82) is 0 Å². The van der Waals surface area contributed by atoms with E-state index in [2.05, 4.69) is 12.1 Å². The average molecular weight is 261 g/mol. The molecule has 1 fully saturated rings. The third-order valence-corrected chi connectivity index (χ3v) is 4.20. The van der Waals surface area contributed by atoms with E-state index >= 15 is 0 Å². The molecule has 3 nitrogen and oxygen atoms in total. The van der Waals surface area contributed by atoms with Gasteiger partial charge in [0.15, 0.2) is 0 Å². The van der Waals surface area contributed by atoms with Crippen LogP contribution in [-0.2, 0) is 4.79 Å². The Labute approximate surface area is 114 Å².